The summed E-state index contributed by atoms with van der Waals surface area (Å²) in [6.07, 6.45) is -1.17. The van der Waals surface area contributed by atoms with E-state index in [0.29, 0.717) is 30.1 Å². The summed E-state index contributed by atoms with van der Waals surface area (Å²) >= 11 is 0. The molecular weight excluding hydrogens is 392 g/mol. The fraction of sp³-hybridized carbons (Fsp3) is 0.250. The van der Waals surface area contributed by atoms with Crippen LogP contribution in [0.15, 0.2) is 42.5 Å². The van der Waals surface area contributed by atoms with E-state index in [1.54, 1.807) is 12.1 Å². The van der Waals surface area contributed by atoms with Crippen LogP contribution in [0, 0.1) is 21.4 Å². The molecule has 10 nitrogen and oxygen atoms in total. The highest BCUT2D eigenvalue weighted by atomic mass is 16.6. The zero-order chi connectivity index (χ0) is 22.1. The van der Waals surface area contributed by atoms with E-state index < -0.39 is 22.9 Å². The van der Waals surface area contributed by atoms with Crippen LogP contribution in [0.4, 0.5) is 17.1 Å². The SMILES string of the molecule is COCCNc1ccc([N+](=O)[O-])cc1C(=O)O[C@@H](C)C(=O)Nc1ccc(C#N)cc1. The van der Waals surface area contributed by atoms with Crippen molar-refractivity contribution >= 4 is 28.9 Å². The van der Waals surface area contributed by atoms with Gasteiger partial charge in [-0.15, -0.1) is 0 Å². The Balaban J connectivity index is 2.11. The van der Waals surface area contributed by atoms with Crippen LogP contribution in [0.3, 0.4) is 0 Å². The normalized spacial score (nSPS) is 11.1. The number of carbonyl (C=O) groups is 2. The lowest BCUT2D eigenvalue weighted by Crippen LogP contribution is -2.30. The fourth-order valence-corrected chi connectivity index (χ4v) is 2.41. The lowest BCUT2D eigenvalue weighted by atomic mass is 10.1. The number of hydrogen-bond acceptors (Lipinski definition) is 8. The molecule has 2 aromatic rings. The summed E-state index contributed by atoms with van der Waals surface area (Å²) in [5, 5.41) is 25.4. The molecule has 10 heteroatoms. The summed E-state index contributed by atoms with van der Waals surface area (Å²) in [5.41, 5.74) is 0.834. The number of hydrogen-bond donors (Lipinski definition) is 2. The zero-order valence-corrected chi connectivity index (χ0v) is 16.4. The van der Waals surface area contributed by atoms with Gasteiger partial charge in [0.25, 0.3) is 11.6 Å². The number of nitro benzene ring substituents is 1. The highest BCUT2D eigenvalue weighted by Crippen LogP contribution is 2.23. The summed E-state index contributed by atoms with van der Waals surface area (Å²) in [6, 6.07) is 11.9. The molecule has 0 aliphatic rings. The minimum atomic E-state index is -1.17. The molecule has 0 aliphatic carbocycles. The number of anilines is 2. The number of non-ortho nitro benzene ring substituents is 1. The maximum atomic E-state index is 12.6. The number of nitriles is 1. The van der Waals surface area contributed by atoms with E-state index >= 15 is 0 Å². The topological polar surface area (TPSA) is 144 Å². The van der Waals surface area contributed by atoms with E-state index in [-0.39, 0.29) is 11.3 Å². The predicted octanol–water partition coefficient (Wildman–Crippen LogP) is 2.71. The molecule has 156 valence electrons. The molecule has 0 aliphatic heterocycles. The number of ether oxygens (including phenoxy) is 2. The van der Waals surface area contributed by atoms with Crippen LogP contribution in [-0.4, -0.2) is 43.2 Å². The molecule has 0 heterocycles. The molecule has 2 rings (SSSR count). The van der Waals surface area contributed by atoms with Gasteiger partial charge < -0.3 is 20.1 Å². The third kappa shape index (κ3) is 6.02. The van der Waals surface area contributed by atoms with E-state index in [4.69, 9.17) is 14.7 Å². The third-order valence-corrected chi connectivity index (χ3v) is 3.99. The quantitative estimate of drug-likeness (QED) is 0.277. The number of benzene rings is 2. The molecule has 0 fully saturated rings. The molecule has 30 heavy (non-hydrogen) atoms. The summed E-state index contributed by atoms with van der Waals surface area (Å²) in [6.45, 7) is 2.10. The van der Waals surface area contributed by atoms with Gasteiger partial charge in [0.05, 0.1) is 28.7 Å². The fourth-order valence-electron chi connectivity index (χ4n) is 2.41. The van der Waals surface area contributed by atoms with Gasteiger partial charge in [-0.25, -0.2) is 4.79 Å². The van der Waals surface area contributed by atoms with Gasteiger partial charge >= 0.3 is 5.97 Å². The molecule has 0 spiro atoms. The Bertz CT molecular complexity index is 968. The summed E-state index contributed by atoms with van der Waals surface area (Å²) in [7, 11) is 1.51. The van der Waals surface area contributed by atoms with Gasteiger partial charge in [0, 0.05) is 37.2 Å². The number of carbonyl (C=O) groups excluding carboxylic acids is 2. The van der Waals surface area contributed by atoms with Gasteiger partial charge in [0.15, 0.2) is 6.10 Å². The minimum Gasteiger partial charge on any atom is -0.449 e. The lowest BCUT2D eigenvalue weighted by Gasteiger charge is -2.16. The largest absolute Gasteiger partial charge is 0.449 e. The highest BCUT2D eigenvalue weighted by Gasteiger charge is 2.23. The number of esters is 1. The maximum Gasteiger partial charge on any atom is 0.341 e. The average molecular weight is 412 g/mol. The second-order valence-electron chi connectivity index (χ2n) is 6.13. The smallest absolute Gasteiger partial charge is 0.341 e. The van der Waals surface area contributed by atoms with Crippen molar-refractivity contribution in [2.45, 2.75) is 13.0 Å². The van der Waals surface area contributed by atoms with Crippen molar-refractivity contribution < 1.29 is 24.0 Å². The van der Waals surface area contributed by atoms with E-state index in [0.717, 1.165) is 6.07 Å². The number of nitrogens with one attached hydrogen (secondary N) is 2. The summed E-state index contributed by atoms with van der Waals surface area (Å²) in [5.74, 6) is -1.48. The van der Waals surface area contributed by atoms with Crippen LogP contribution in [0.25, 0.3) is 0 Å². The van der Waals surface area contributed by atoms with Gasteiger partial charge in [-0.2, -0.15) is 5.26 Å². The molecular formula is C20H20N4O6. The second-order valence-corrected chi connectivity index (χ2v) is 6.13. The van der Waals surface area contributed by atoms with Crippen molar-refractivity contribution in [2.75, 3.05) is 30.9 Å². The van der Waals surface area contributed by atoms with Crippen LogP contribution >= 0.6 is 0 Å². The number of nitrogens with zero attached hydrogens (tertiary/aromatic N) is 2. The first kappa shape index (κ1) is 22.3. The second kappa shape index (κ2) is 10.5. The highest BCUT2D eigenvalue weighted by molar-refractivity contribution is 6.00. The van der Waals surface area contributed by atoms with E-state index in [2.05, 4.69) is 10.6 Å². The van der Waals surface area contributed by atoms with Gasteiger partial charge in [-0.3, -0.25) is 14.9 Å². The zero-order valence-electron chi connectivity index (χ0n) is 16.4. The van der Waals surface area contributed by atoms with E-state index in [9.17, 15) is 19.7 Å². The van der Waals surface area contributed by atoms with Crippen molar-refractivity contribution in [1.29, 1.82) is 5.26 Å². The molecule has 1 atom stereocenters. The molecule has 0 radical (unpaired) electrons. The van der Waals surface area contributed by atoms with Crippen molar-refractivity contribution in [3.8, 4) is 6.07 Å². The maximum absolute atomic E-state index is 12.6. The Hall–Kier alpha value is -3.97. The van der Waals surface area contributed by atoms with Crippen LogP contribution in [-0.2, 0) is 14.3 Å². The predicted molar refractivity (Wildman–Crippen MR) is 108 cm³/mol. The van der Waals surface area contributed by atoms with E-state index in [1.165, 1.54) is 38.3 Å². The first-order valence-electron chi connectivity index (χ1n) is 8.89. The molecule has 0 saturated heterocycles. The van der Waals surface area contributed by atoms with Gasteiger partial charge in [0.2, 0.25) is 0 Å². The summed E-state index contributed by atoms with van der Waals surface area (Å²) in [4.78, 5) is 35.3. The van der Waals surface area contributed by atoms with Crippen molar-refractivity contribution in [2.24, 2.45) is 0 Å². The van der Waals surface area contributed by atoms with E-state index in [1.807, 2.05) is 6.07 Å². The van der Waals surface area contributed by atoms with Gasteiger partial charge in [0.1, 0.15) is 0 Å². The van der Waals surface area contributed by atoms with Crippen molar-refractivity contribution in [3.63, 3.8) is 0 Å². The molecule has 2 N–H and O–H groups in total. The molecule has 0 unspecified atom stereocenters. The van der Waals surface area contributed by atoms with Gasteiger partial charge in [-0.05, 0) is 37.3 Å². The van der Waals surface area contributed by atoms with Crippen LogP contribution in [0.5, 0.6) is 0 Å². The molecule has 2 aromatic carbocycles. The van der Waals surface area contributed by atoms with Crippen molar-refractivity contribution in [1.82, 2.24) is 0 Å². The molecule has 0 bridgehead atoms. The number of amides is 1. The van der Waals surface area contributed by atoms with Crippen LogP contribution in [0.1, 0.15) is 22.8 Å². The Morgan fingerprint density at radius 1 is 1.23 bits per heavy atom. The molecule has 1 amide bonds. The number of nitro groups is 1. The summed E-state index contributed by atoms with van der Waals surface area (Å²) < 4.78 is 10.1. The van der Waals surface area contributed by atoms with Crippen molar-refractivity contribution in [3.05, 3.63) is 63.7 Å². The Kier molecular flexibility index (Phi) is 7.84. The Morgan fingerprint density at radius 3 is 2.53 bits per heavy atom. The molecule has 0 aromatic heterocycles. The van der Waals surface area contributed by atoms with Gasteiger partial charge in [-0.1, -0.05) is 0 Å². The standard InChI is InChI=1S/C20H20N4O6/c1-13(19(25)23-15-5-3-14(12-21)4-6-15)30-20(26)17-11-16(24(27)28)7-8-18(17)22-9-10-29-2/h3-8,11,13,22H,9-10H2,1-2H3,(H,23,25)/t13-/m0/s1. The van der Waals surface area contributed by atoms with Crippen LogP contribution in [0.2, 0.25) is 0 Å². The number of rotatable bonds is 9. The third-order valence-electron chi connectivity index (χ3n) is 3.99. The Morgan fingerprint density at radius 2 is 1.93 bits per heavy atom. The van der Waals surface area contributed by atoms with Crippen LogP contribution < -0.4 is 10.6 Å². The number of methoxy groups -OCH3 is 1. The first-order chi connectivity index (χ1) is 14.3. The average Bonchev–Trinajstić information content (AvgIpc) is 2.74. The first-order valence-corrected chi connectivity index (χ1v) is 8.89. The Labute approximate surface area is 172 Å². The molecule has 0 saturated carbocycles. The monoisotopic (exact) mass is 412 g/mol. The minimum absolute atomic E-state index is 0.0710. The lowest BCUT2D eigenvalue weighted by molar-refractivity contribution is -0.384.